The second kappa shape index (κ2) is 5.59. The summed E-state index contributed by atoms with van der Waals surface area (Å²) >= 11 is 1.73. The Balaban J connectivity index is 1.93. The summed E-state index contributed by atoms with van der Waals surface area (Å²) in [6.45, 7) is 5.60. The zero-order chi connectivity index (χ0) is 13.9. The lowest BCUT2D eigenvalue weighted by molar-refractivity contribution is 0.0660. The second-order valence-corrected chi connectivity index (χ2v) is 5.99. The Morgan fingerprint density at radius 2 is 2.26 bits per heavy atom. The zero-order valence-corrected chi connectivity index (χ0v) is 11.8. The number of hydrogen-bond acceptors (Lipinski definition) is 4. The highest BCUT2D eigenvalue weighted by molar-refractivity contribution is 7.10. The molecule has 0 amide bonds. The van der Waals surface area contributed by atoms with Gasteiger partial charge in [-0.25, -0.2) is 4.79 Å². The number of thiophene rings is 1. The third-order valence-corrected chi connectivity index (χ3v) is 4.25. The highest BCUT2D eigenvalue weighted by Gasteiger charge is 2.21. The van der Waals surface area contributed by atoms with Gasteiger partial charge in [0.1, 0.15) is 0 Å². The van der Waals surface area contributed by atoms with Crippen molar-refractivity contribution in [3.8, 4) is 0 Å². The normalized spacial score (nSPS) is 11.7. The van der Waals surface area contributed by atoms with Gasteiger partial charge in [0.25, 0.3) is 0 Å². The largest absolute Gasteiger partial charge is 0.475 e. The predicted molar refractivity (Wildman–Crippen MR) is 74.7 cm³/mol. The van der Waals surface area contributed by atoms with Gasteiger partial charge in [0.05, 0.1) is 6.26 Å². The maximum absolute atomic E-state index is 10.9. The Kier molecular flexibility index (Phi) is 4.07. The summed E-state index contributed by atoms with van der Waals surface area (Å²) in [5.41, 5.74) is 0.705. The van der Waals surface area contributed by atoms with Crippen molar-refractivity contribution in [3.63, 3.8) is 0 Å². The van der Waals surface area contributed by atoms with Crippen LogP contribution in [0.4, 0.5) is 0 Å². The third kappa shape index (κ3) is 3.24. The van der Waals surface area contributed by atoms with Crippen LogP contribution < -0.4 is 5.32 Å². The first-order valence-corrected chi connectivity index (χ1v) is 6.93. The van der Waals surface area contributed by atoms with Crippen molar-refractivity contribution in [3.05, 3.63) is 46.0 Å². The number of carboxylic acid groups (broad SMARTS) is 1. The first kappa shape index (κ1) is 13.8. The minimum Gasteiger partial charge on any atom is -0.475 e. The summed E-state index contributed by atoms with van der Waals surface area (Å²) < 4.78 is 4.94. The van der Waals surface area contributed by atoms with Gasteiger partial charge in [-0.15, -0.1) is 11.3 Å². The average Bonchev–Trinajstić information content (AvgIpc) is 2.99. The van der Waals surface area contributed by atoms with E-state index >= 15 is 0 Å². The monoisotopic (exact) mass is 279 g/mol. The van der Waals surface area contributed by atoms with Gasteiger partial charge >= 0.3 is 5.97 Å². The standard InChI is InChI=1S/C14H17NO3S/c1-14(2,11-4-3-7-19-11)9-15-8-10-5-6-18-12(10)13(16)17/h3-7,15H,8-9H2,1-2H3,(H,16,17). The lowest BCUT2D eigenvalue weighted by Crippen LogP contribution is -2.32. The molecule has 102 valence electrons. The van der Waals surface area contributed by atoms with Crippen molar-refractivity contribution in [1.29, 1.82) is 0 Å². The van der Waals surface area contributed by atoms with Crippen LogP contribution in [0.2, 0.25) is 0 Å². The smallest absolute Gasteiger partial charge is 0.372 e. The fraction of sp³-hybridized carbons (Fsp3) is 0.357. The minimum absolute atomic E-state index is 0.0152. The van der Waals surface area contributed by atoms with E-state index in [-0.39, 0.29) is 11.2 Å². The molecule has 2 heterocycles. The molecule has 19 heavy (non-hydrogen) atoms. The fourth-order valence-electron chi connectivity index (χ4n) is 1.92. The highest BCUT2D eigenvalue weighted by atomic mass is 32.1. The molecule has 0 aromatic carbocycles. The molecule has 0 radical (unpaired) electrons. The molecule has 0 atom stereocenters. The first-order valence-electron chi connectivity index (χ1n) is 6.05. The van der Waals surface area contributed by atoms with Crippen molar-refractivity contribution < 1.29 is 14.3 Å². The zero-order valence-electron chi connectivity index (χ0n) is 11.0. The van der Waals surface area contributed by atoms with E-state index in [9.17, 15) is 4.79 Å². The van der Waals surface area contributed by atoms with E-state index in [2.05, 4.69) is 30.6 Å². The molecule has 2 N–H and O–H groups in total. The molecule has 5 heteroatoms. The first-order chi connectivity index (χ1) is 9.00. The summed E-state index contributed by atoms with van der Waals surface area (Å²) in [5.74, 6) is -1.01. The molecule has 0 aliphatic carbocycles. The molecule has 2 rings (SSSR count). The molecule has 4 nitrogen and oxygen atoms in total. The Hall–Kier alpha value is -1.59. The molecule has 2 aromatic rings. The second-order valence-electron chi connectivity index (χ2n) is 5.04. The van der Waals surface area contributed by atoms with Crippen molar-refractivity contribution >= 4 is 17.3 Å². The van der Waals surface area contributed by atoms with Crippen LogP contribution in [0.5, 0.6) is 0 Å². The van der Waals surface area contributed by atoms with E-state index in [0.29, 0.717) is 12.1 Å². The maximum Gasteiger partial charge on any atom is 0.372 e. The predicted octanol–water partition coefficient (Wildman–Crippen LogP) is 3.11. The van der Waals surface area contributed by atoms with Gasteiger partial charge in [-0.05, 0) is 17.5 Å². The number of aromatic carboxylic acids is 1. The highest BCUT2D eigenvalue weighted by Crippen LogP contribution is 2.26. The van der Waals surface area contributed by atoms with Crippen LogP contribution in [0, 0.1) is 0 Å². The topological polar surface area (TPSA) is 62.5 Å². The van der Waals surface area contributed by atoms with E-state index in [1.807, 2.05) is 6.07 Å². The number of carboxylic acids is 1. The van der Waals surface area contributed by atoms with Crippen LogP contribution in [0.3, 0.4) is 0 Å². The molecule has 0 fully saturated rings. The van der Waals surface area contributed by atoms with Crippen LogP contribution in [0.15, 0.2) is 34.3 Å². The number of rotatable bonds is 6. The van der Waals surface area contributed by atoms with Crippen molar-refractivity contribution in [2.24, 2.45) is 0 Å². The fourth-order valence-corrected chi connectivity index (χ4v) is 2.78. The molecular formula is C14H17NO3S. The van der Waals surface area contributed by atoms with Crippen LogP contribution in [-0.4, -0.2) is 17.6 Å². The average molecular weight is 279 g/mol. The van der Waals surface area contributed by atoms with Gasteiger partial charge in [0.15, 0.2) is 0 Å². The van der Waals surface area contributed by atoms with Crippen LogP contribution in [-0.2, 0) is 12.0 Å². The van der Waals surface area contributed by atoms with Gasteiger partial charge in [0.2, 0.25) is 5.76 Å². The van der Waals surface area contributed by atoms with Crippen LogP contribution >= 0.6 is 11.3 Å². The number of carbonyl (C=O) groups is 1. The Morgan fingerprint density at radius 3 is 2.89 bits per heavy atom. The lowest BCUT2D eigenvalue weighted by atomic mass is 9.91. The lowest BCUT2D eigenvalue weighted by Gasteiger charge is -2.23. The van der Waals surface area contributed by atoms with Crippen molar-refractivity contribution in [1.82, 2.24) is 5.32 Å². The van der Waals surface area contributed by atoms with Crippen molar-refractivity contribution in [2.75, 3.05) is 6.54 Å². The molecule has 0 unspecified atom stereocenters. The van der Waals surface area contributed by atoms with Crippen LogP contribution in [0.25, 0.3) is 0 Å². The number of furan rings is 1. The van der Waals surface area contributed by atoms with Crippen molar-refractivity contribution in [2.45, 2.75) is 25.8 Å². The van der Waals surface area contributed by atoms with E-state index in [0.717, 1.165) is 6.54 Å². The SMILES string of the molecule is CC(C)(CNCc1ccoc1C(=O)O)c1cccs1. The molecule has 0 saturated carbocycles. The van der Waals surface area contributed by atoms with Gasteiger partial charge < -0.3 is 14.8 Å². The number of hydrogen-bond donors (Lipinski definition) is 2. The Morgan fingerprint density at radius 1 is 1.47 bits per heavy atom. The van der Waals surface area contributed by atoms with Gasteiger partial charge in [-0.3, -0.25) is 0 Å². The third-order valence-electron chi connectivity index (χ3n) is 3.01. The summed E-state index contributed by atoms with van der Waals surface area (Å²) in [4.78, 5) is 12.2. The summed E-state index contributed by atoms with van der Waals surface area (Å²) in [6, 6.07) is 5.85. The molecule has 0 spiro atoms. The van der Waals surface area contributed by atoms with Crippen LogP contribution in [0.1, 0.15) is 34.8 Å². The number of nitrogens with one attached hydrogen (secondary N) is 1. The summed E-state index contributed by atoms with van der Waals surface area (Å²) in [6.07, 6.45) is 1.41. The van der Waals surface area contributed by atoms with E-state index in [1.165, 1.54) is 11.1 Å². The minimum atomic E-state index is -1.03. The summed E-state index contributed by atoms with van der Waals surface area (Å²) in [7, 11) is 0. The quantitative estimate of drug-likeness (QED) is 0.853. The molecule has 0 aliphatic rings. The molecule has 0 bridgehead atoms. The summed E-state index contributed by atoms with van der Waals surface area (Å²) in [5, 5.41) is 14.3. The van der Waals surface area contributed by atoms with Gasteiger partial charge in [0, 0.05) is 28.9 Å². The Labute approximate surface area is 116 Å². The molecule has 0 saturated heterocycles. The molecular weight excluding hydrogens is 262 g/mol. The van der Waals surface area contributed by atoms with E-state index in [1.54, 1.807) is 17.4 Å². The molecule has 0 aliphatic heterocycles. The van der Waals surface area contributed by atoms with E-state index in [4.69, 9.17) is 9.52 Å². The maximum atomic E-state index is 10.9. The van der Waals surface area contributed by atoms with E-state index < -0.39 is 5.97 Å². The Bertz CT molecular complexity index is 543. The van der Waals surface area contributed by atoms with Gasteiger partial charge in [-0.1, -0.05) is 19.9 Å². The van der Waals surface area contributed by atoms with Gasteiger partial charge in [-0.2, -0.15) is 0 Å². The molecule has 2 aromatic heterocycles.